The normalized spacial score (nSPS) is 14.4. The fraction of sp³-hybridized carbons (Fsp3) is 0.500. The second-order valence-electron chi connectivity index (χ2n) is 5.80. The summed E-state index contributed by atoms with van der Waals surface area (Å²) in [7, 11) is 0. The van der Waals surface area contributed by atoms with E-state index in [0.29, 0.717) is 12.3 Å². The molecule has 0 saturated heterocycles. The van der Waals surface area contributed by atoms with Gasteiger partial charge in [0.2, 0.25) is 0 Å². The maximum atomic E-state index is 13.8. The lowest BCUT2D eigenvalue weighted by molar-refractivity contribution is 0.372. The standard InChI is InChI=1S/C16H23BrFN/c1-5-16(4,11-19-10-12(2)3)9-13-8-14(17)6-7-15(13)18/h5-8,12,19H,1,9-11H2,2-4H3. The van der Waals surface area contributed by atoms with Crippen LogP contribution in [0.2, 0.25) is 0 Å². The number of halogens is 2. The minimum Gasteiger partial charge on any atom is -0.316 e. The average Bonchev–Trinajstić information content (AvgIpc) is 2.33. The zero-order valence-corrected chi connectivity index (χ0v) is 13.6. The van der Waals surface area contributed by atoms with Gasteiger partial charge < -0.3 is 5.32 Å². The highest BCUT2D eigenvalue weighted by atomic mass is 79.9. The van der Waals surface area contributed by atoms with Gasteiger partial charge in [-0.3, -0.25) is 0 Å². The lowest BCUT2D eigenvalue weighted by Crippen LogP contribution is -2.34. The Labute approximate surface area is 124 Å². The Balaban J connectivity index is 2.74. The molecule has 1 aromatic carbocycles. The smallest absolute Gasteiger partial charge is 0.126 e. The maximum Gasteiger partial charge on any atom is 0.126 e. The van der Waals surface area contributed by atoms with Gasteiger partial charge >= 0.3 is 0 Å². The quantitative estimate of drug-likeness (QED) is 0.723. The van der Waals surface area contributed by atoms with Gasteiger partial charge in [-0.15, -0.1) is 6.58 Å². The molecule has 1 atom stereocenters. The van der Waals surface area contributed by atoms with E-state index in [1.165, 1.54) is 6.07 Å². The van der Waals surface area contributed by atoms with Gasteiger partial charge in [0.25, 0.3) is 0 Å². The molecule has 0 aliphatic carbocycles. The Morgan fingerprint density at radius 3 is 2.74 bits per heavy atom. The number of hydrogen-bond acceptors (Lipinski definition) is 1. The first kappa shape index (κ1) is 16.4. The van der Waals surface area contributed by atoms with E-state index in [2.05, 4.69) is 48.6 Å². The summed E-state index contributed by atoms with van der Waals surface area (Å²) in [6.45, 7) is 12.1. The van der Waals surface area contributed by atoms with Crippen LogP contribution in [0.4, 0.5) is 4.39 Å². The van der Waals surface area contributed by atoms with Crippen LogP contribution in [0.25, 0.3) is 0 Å². The van der Waals surface area contributed by atoms with Crippen LogP contribution in [0.3, 0.4) is 0 Å². The van der Waals surface area contributed by atoms with E-state index in [0.717, 1.165) is 23.1 Å². The molecule has 1 nitrogen and oxygen atoms in total. The lowest BCUT2D eigenvalue weighted by Gasteiger charge is -2.27. The summed E-state index contributed by atoms with van der Waals surface area (Å²) in [5.41, 5.74) is 0.583. The van der Waals surface area contributed by atoms with Crippen LogP contribution in [-0.2, 0) is 6.42 Å². The van der Waals surface area contributed by atoms with Crippen molar-refractivity contribution in [1.29, 1.82) is 0 Å². The summed E-state index contributed by atoms with van der Waals surface area (Å²) < 4.78 is 14.7. The van der Waals surface area contributed by atoms with Crippen LogP contribution in [-0.4, -0.2) is 13.1 Å². The monoisotopic (exact) mass is 327 g/mol. The predicted molar refractivity (Wildman–Crippen MR) is 83.8 cm³/mol. The van der Waals surface area contributed by atoms with Gasteiger partial charge in [0.1, 0.15) is 5.82 Å². The molecule has 3 heteroatoms. The molecule has 0 aliphatic heterocycles. The fourth-order valence-corrected chi connectivity index (χ4v) is 2.38. The van der Waals surface area contributed by atoms with E-state index in [4.69, 9.17) is 0 Å². The molecule has 0 saturated carbocycles. The zero-order chi connectivity index (χ0) is 14.5. The van der Waals surface area contributed by atoms with E-state index < -0.39 is 0 Å². The minimum atomic E-state index is -0.153. The molecule has 1 unspecified atom stereocenters. The van der Waals surface area contributed by atoms with Crippen molar-refractivity contribution in [1.82, 2.24) is 5.32 Å². The first-order chi connectivity index (χ1) is 8.86. The predicted octanol–water partition coefficient (Wildman–Crippen LogP) is 4.57. The van der Waals surface area contributed by atoms with E-state index >= 15 is 0 Å². The molecule has 0 bridgehead atoms. The van der Waals surface area contributed by atoms with Crippen molar-refractivity contribution in [3.8, 4) is 0 Å². The van der Waals surface area contributed by atoms with Gasteiger partial charge in [-0.1, -0.05) is 42.8 Å². The number of nitrogens with one attached hydrogen (secondary N) is 1. The Hall–Kier alpha value is -0.670. The third-order valence-electron chi connectivity index (χ3n) is 3.18. The first-order valence-corrected chi connectivity index (χ1v) is 7.44. The number of rotatable bonds is 7. The molecule has 19 heavy (non-hydrogen) atoms. The van der Waals surface area contributed by atoms with E-state index in [-0.39, 0.29) is 11.2 Å². The van der Waals surface area contributed by atoms with Crippen molar-refractivity contribution >= 4 is 15.9 Å². The topological polar surface area (TPSA) is 12.0 Å². The Morgan fingerprint density at radius 1 is 1.47 bits per heavy atom. The van der Waals surface area contributed by atoms with Crippen molar-refractivity contribution in [2.75, 3.05) is 13.1 Å². The van der Waals surface area contributed by atoms with Crippen LogP contribution in [0, 0.1) is 17.2 Å². The van der Waals surface area contributed by atoms with Crippen molar-refractivity contribution in [3.63, 3.8) is 0 Å². The summed E-state index contributed by atoms with van der Waals surface area (Å²) in [6, 6.07) is 5.07. The lowest BCUT2D eigenvalue weighted by atomic mass is 9.83. The van der Waals surface area contributed by atoms with Crippen molar-refractivity contribution < 1.29 is 4.39 Å². The average molecular weight is 328 g/mol. The van der Waals surface area contributed by atoms with Crippen molar-refractivity contribution in [3.05, 3.63) is 46.7 Å². The van der Waals surface area contributed by atoms with Gasteiger partial charge in [0.05, 0.1) is 0 Å². The molecule has 0 radical (unpaired) electrons. The van der Waals surface area contributed by atoms with Crippen LogP contribution in [0.1, 0.15) is 26.3 Å². The molecule has 106 valence electrons. The molecule has 0 heterocycles. The van der Waals surface area contributed by atoms with Gasteiger partial charge in [-0.05, 0) is 42.6 Å². The Kier molecular flexibility index (Phi) is 6.21. The summed E-state index contributed by atoms with van der Waals surface area (Å²) in [4.78, 5) is 0. The molecule has 0 aliphatic rings. The van der Waals surface area contributed by atoms with Crippen LogP contribution in [0.15, 0.2) is 35.3 Å². The minimum absolute atomic E-state index is 0.142. The third kappa shape index (κ3) is 5.45. The van der Waals surface area contributed by atoms with Gasteiger partial charge in [0, 0.05) is 16.4 Å². The molecule has 0 fully saturated rings. The summed E-state index contributed by atoms with van der Waals surface area (Å²) in [6.07, 6.45) is 2.56. The molecular formula is C16H23BrFN. The Bertz CT molecular complexity index is 431. The van der Waals surface area contributed by atoms with Crippen LogP contribution >= 0.6 is 15.9 Å². The molecular weight excluding hydrogens is 305 g/mol. The van der Waals surface area contributed by atoms with Crippen LogP contribution < -0.4 is 5.32 Å². The van der Waals surface area contributed by atoms with Crippen molar-refractivity contribution in [2.45, 2.75) is 27.2 Å². The van der Waals surface area contributed by atoms with Gasteiger partial charge in [-0.2, -0.15) is 0 Å². The molecule has 0 spiro atoms. The Morgan fingerprint density at radius 2 is 2.16 bits per heavy atom. The molecule has 1 rings (SSSR count). The van der Waals surface area contributed by atoms with E-state index in [1.54, 1.807) is 6.07 Å². The van der Waals surface area contributed by atoms with Gasteiger partial charge in [0.15, 0.2) is 0 Å². The summed E-state index contributed by atoms with van der Waals surface area (Å²) in [5, 5.41) is 3.43. The SMILES string of the molecule is C=CC(C)(CNCC(C)C)Cc1cc(Br)ccc1F. The number of benzene rings is 1. The molecule has 1 N–H and O–H groups in total. The highest BCUT2D eigenvalue weighted by Gasteiger charge is 2.22. The fourth-order valence-electron chi connectivity index (χ4n) is 1.97. The zero-order valence-electron chi connectivity index (χ0n) is 12.0. The first-order valence-electron chi connectivity index (χ1n) is 6.64. The highest BCUT2D eigenvalue weighted by molar-refractivity contribution is 9.10. The summed E-state index contributed by atoms with van der Waals surface area (Å²) >= 11 is 3.39. The molecule has 1 aromatic rings. The van der Waals surface area contributed by atoms with Crippen molar-refractivity contribution in [2.24, 2.45) is 11.3 Å². The van der Waals surface area contributed by atoms with Crippen LogP contribution in [0.5, 0.6) is 0 Å². The van der Waals surface area contributed by atoms with E-state index in [1.807, 2.05) is 12.1 Å². The van der Waals surface area contributed by atoms with E-state index in [9.17, 15) is 4.39 Å². The molecule has 0 aromatic heterocycles. The van der Waals surface area contributed by atoms with Gasteiger partial charge in [-0.25, -0.2) is 4.39 Å². The highest BCUT2D eigenvalue weighted by Crippen LogP contribution is 2.26. The summed E-state index contributed by atoms with van der Waals surface area (Å²) in [5.74, 6) is 0.455. The third-order valence-corrected chi connectivity index (χ3v) is 3.67. The molecule has 0 amide bonds. The largest absolute Gasteiger partial charge is 0.316 e. The number of hydrogen-bond donors (Lipinski definition) is 1. The second kappa shape index (κ2) is 7.20. The maximum absolute atomic E-state index is 13.8. The second-order valence-corrected chi connectivity index (χ2v) is 6.71.